The summed E-state index contributed by atoms with van der Waals surface area (Å²) in [4.78, 5) is 27.6. The second-order valence-electron chi connectivity index (χ2n) is 5.22. The average Bonchev–Trinajstić information content (AvgIpc) is 2.75. The molecule has 0 aliphatic carbocycles. The summed E-state index contributed by atoms with van der Waals surface area (Å²) < 4.78 is 0. The Balaban J connectivity index is 2.04. The van der Waals surface area contributed by atoms with Crippen LogP contribution < -0.4 is 5.32 Å². The number of nitrogens with one attached hydrogen (secondary N) is 1. The molecule has 0 aromatic rings. The van der Waals surface area contributed by atoms with E-state index < -0.39 is 0 Å². The highest BCUT2D eigenvalue weighted by atomic mass is 32.2. The standard InChI is InChI=1S/C12H21N3O2S/c1-8-4-14(5-9(2)13-8)12(17)11-6-18-7-15(11)10(3)16/h8-9,11,13H,4-7H2,1-3H3/t8-,9-,11+/m0/s1. The molecule has 2 rings (SSSR count). The molecule has 2 fully saturated rings. The minimum Gasteiger partial charge on any atom is -0.338 e. The molecule has 0 radical (unpaired) electrons. The molecular weight excluding hydrogens is 250 g/mol. The highest BCUT2D eigenvalue weighted by Crippen LogP contribution is 2.23. The van der Waals surface area contributed by atoms with Crippen LogP contribution in [0.3, 0.4) is 0 Å². The smallest absolute Gasteiger partial charge is 0.246 e. The molecule has 2 amide bonds. The lowest BCUT2D eigenvalue weighted by Gasteiger charge is -2.38. The van der Waals surface area contributed by atoms with Crippen LogP contribution in [0.1, 0.15) is 20.8 Å². The molecule has 2 saturated heterocycles. The van der Waals surface area contributed by atoms with Gasteiger partial charge >= 0.3 is 0 Å². The molecule has 18 heavy (non-hydrogen) atoms. The van der Waals surface area contributed by atoms with E-state index in [-0.39, 0.29) is 17.9 Å². The van der Waals surface area contributed by atoms with Gasteiger partial charge in [-0.3, -0.25) is 9.59 Å². The van der Waals surface area contributed by atoms with Gasteiger partial charge in [0.05, 0.1) is 5.88 Å². The summed E-state index contributed by atoms with van der Waals surface area (Å²) >= 11 is 1.65. The van der Waals surface area contributed by atoms with Crippen LogP contribution in [0.25, 0.3) is 0 Å². The third kappa shape index (κ3) is 2.80. The Morgan fingerprint density at radius 3 is 2.39 bits per heavy atom. The molecule has 3 atom stereocenters. The second kappa shape index (κ2) is 5.48. The Morgan fingerprint density at radius 2 is 1.83 bits per heavy atom. The van der Waals surface area contributed by atoms with Crippen LogP contribution >= 0.6 is 11.8 Å². The van der Waals surface area contributed by atoms with Crippen molar-refractivity contribution >= 4 is 23.6 Å². The summed E-state index contributed by atoms with van der Waals surface area (Å²) in [7, 11) is 0. The van der Waals surface area contributed by atoms with Crippen molar-refractivity contribution in [3.63, 3.8) is 0 Å². The molecule has 0 aromatic heterocycles. The maximum Gasteiger partial charge on any atom is 0.246 e. The van der Waals surface area contributed by atoms with Crippen LogP contribution in [0.4, 0.5) is 0 Å². The predicted molar refractivity (Wildman–Crippen MR) is 72.3 cm³/mol. The summed E-state index contributed by atoms with van der Waals surface area (Å²) in [5.41, 5.74) is 0. The first-order chi connectivity index (χ1) is 8.49. The van der Waals surface area contributed by atoms with Crippen molar-refractivity contribution in [1.82, 2.24) is 15.1 Å². The van der Waals surface area contributed by atoms with Gasteiger partial charge in [0.15, 0.2) is 0 Å². The van der Waals surface area contributed by atoms with E-state index in [0.29, 0.717) is 18.0 Å². The van der Waals surface area contributed by atoms with Crippen LogP contribution in [0.5, 0.6) is 0 Å². The molecule has 0 aromatic carbocycles. The minimum atomic E-state index is -0.259. The van der Waals surface area contributed by atoms with Gasteiger partial charge in [-0.05, 0) is 13.8 Å². The Hall–Kier alpha value is -0.750. The monoisotopic (exact) mass is 271 g/mol. The van der Waals surface area contributed by atoms with Crippen molar-refractivity contribution in [1.29, 1.82) is 0 Å². The van der Waals surface area contributed by atoms with E-state index in [1.165, 1.54) is 6.92 Å². The van der Waals surface area contributed by atoms with Crippen molar-refractivity contribution in [2.45, 2.75) is 38.9 Å². The van der Waals surface area contributed by atoms with E-state index in [2.05, 4.69) is 19.2 Å². The SMILES string of the molecule is CC(=O)N1CSC[C@@H]1C(=O)N1C[C@H](C)N[C@@H](C)C1. The van der Waals surface area contributed by atoms with Crippen LogP contribution in [0.15, 0.2) is 0 Å². The molecule has 102 valence electrons. The third-order valence-corrected chi connectivity index (χ3v) is 4.45. The lowest BCUT2D eigenvalue weighted by molar-refractivity contribution is -0.143. The highest BCUT2D eigenvalue weighted by molar-refractivity contribution is 7.99. The van der Waals surface area contributed by atoms with Gasteiger partial charge in [-0.2, -0.15) is 0 Å². The van der Waals surface area contributed by atoms with Gasteiger partial charge in [-0.25, -0.2) is 0 Å². The Labute approximate surface area is 112 Å². The van der Waals surface area contributed by atoms with Crippen molar-refractivity contribution < 1.29 is 9.59 Å². The summed E-state index contributed by atoms with van der Waals surface area (Å²) in [6.07, 6.45) is 0. The fourth-order valence-corrected chi connectivity index (χ4v) is 3.88. The predicted octanol–water partition coefficient (Wildman–Crippen LogP) is 0.117. The second-order valence-corrected chi connectivity index (χ2v) is 6.22. The Bertz CT molecular complexity index is 340. The highest BCUT2D eigenvalue weighted by Gasteiger charge is 2.37. The number of carbonyl (C=O) groups is 2. The number of hydrogen-bond donors (Lipinski definition) is 1. The number of amides is 2. The van der Waals surface area contributed by atoms with Gasteiger partial charge in [0.25, 0.3) is 0 Å². The normalized spacial score (nSPS) is 32.7. The van der Waals surface area contributed by atoms with Gasteiger partial charge in [-0.15, -0.1) is 11.8 Å². The number of carbonyl (C=O) groups excluding carboxylic acids is 2. The molecular formula is C12H21N3O2S. The van der Waals surface area contributed by atoms with E-state index >= 15 is 0 Å². The number of piperazine rings is 1. The molecule has 0 saturated carbocycles. The largest absolute Gasteiger partial charge is 0.338 e. The molecule has 6 heteroatoms. The van der Waals surface area contributed by atoms with E-state index in [4.69, 9.17) is 0 Å². The van der Waals surface area contributed by atoms with Gasteiger partial charge < -0.3 is 15.1 Å². The van der Waals surface area contributed by atoms with E-state index in [1.54, 1.807) is 16.7 Å². The first-order valence-corrected chi connectivity index (χ1v) is 7.54. The Kier molecular flexibility index (Phi) is 4.17. The number of nitrogens with zero attached hydrogens (tertiary/aromatic N) is 2. The molecule has 5 nitrogen and oxygen atoms in total. The molecule has 1 N–H and O–H groups in total. The zero-order valence-corrected chi connectivity index (χ0v) is 12.0. The fraction of sp³-hybridized carbons (Fsp3) is 0.833. The Morgan fingerprint density at radius 1 is 1.22 bits per heavy atom. The van der Waals surface area contributed by atoms with Crippen molar-refractivity contribution in [2.75, 3.05) is 24.7 Å². The molecule has 0 spiro atoms. The summed E-state index contributed by atoms with van der Waals surface area (Å²) in [5, 5.41) is 3.41. The fourth-order valence-electron chi connectivity index (χ4n) is 2.68. The van der Waals surface area contributed by atoms with E-state index in [9.17, 15) is 9.59 Å². The summed E-state index contributed by atoms with van der Waals surface area (Å²) in [6.45, 7) is 7.17. The topological polar surface area (TPSA) is 52.7 Å². The van der Waals surface area contributed by atoms with E-state index in [0.717, 1.165) is 18.8 Å². The lowest BCUT2D eigenvalue weighted by Crippen LogP contribution is -2.59. The van der Waals surface area contributed by atoms with Crippen molar-refractivity contribution in [2.24, 2.45) is 0 Å². The van der Waals surface area contributed by atoms with E-state index in [1.807, 2.05) is 4.90 Å². The third-order valence-electron chi connectivity index (χ3n) is 3.44. The number of rotatable bonds is 1. The zero-order chi connectivity index (χ0) is 13.3. The van der Waals surface area contributed by atoms with Crippen LogP contribution in [-0.2, 0) is 9.59 Å². The first kappa shape index (κ1) is 13.7. The van der Waals surface area contributed by atoms with Gasteiger partial charge in [0.2, 0.25) is 11.8 Å². The quantitative estimate of drug-likeness (QED) is 0.736. The van der Waals surface area contributed by atoms with Crippen LogP contribution in [0.2, 0.25) is 0 Å². The molecule has 0 bridgehead atoms. The maximum atomic E-state index is 12.5. The zero-order valence-electron chi connectivity index (χ0n) is 11.2. The maximum absolute atomic E-state index is 12.5. The number of hydrogen-bond acceptors (Lipinski definition) is 4. The molecule has 0 unspecified atom stereocenters. The van der Waals surface area contributed by atoms with Gasteiger partial charge in [0.1, 0.15) is 6.04 Å². The van der Waals surface area contributed by atoms with Gasteiger partial charge in [-0.1, -0.05) is 0 Å². The molecule has 2 aliphatic rings. The van der Waals surface area contributed by atoms with Crippen molar-refractivity contribution in [3.05, 3.63) is 0 Å². The van der Waals surface area contributed by atoms with Crippen LogP contribution in [-0.4, -0.2) is 64.5 Å². The average molecular weight is 271 g/mol. The first-order valence-electron chi connectivity index (χ1n) is 6.39. The van der Waals surface area contributed by atoms with Crippen LogP contribution in [0, 0.1) is 0 Å². The van der Waals surface area contributed by atoms with Crippen molar-refractivity contribution in [3.8, 4) is 0 Å². The van der Waals surface area contributed by atoms with Gasteiger partial charge in [0, 0.05) is 37.8 Å². The lowest BCUT2D eigenvalue weighted by atomic mass is 10.1. The molecule has 2 heterocycles. The summed E-state index contributed by atoms with van der Waals surface area (Å²) in [6, 6.07) is 0.375. The molecule has 2 aliphatic heterocycles. The minimum absolute atomic E-state index is 0.00502. The summed E-state index contributed by atoms with van der Waals surface area (Å²) in [5.74, 6) is 1.47. The number of thioether (sulfide) groups is 1.